The molecule has 36 heavy (non-hydrogen) atoms. The average Bonchev–Trinajstić information content (AvgIpc) is 3.27. The number of halogens is 5. The number of rotatable bonds is 4. The number of nitrogens with one attached hydrogen (secondary N) is 1. The van der Waals surface area contributed by atoms with Crippen LogP contribution < -0.4 is 5.32 Å². The number of anilines is 1. The summed E-state index contributed by atoms with van der Waals surface area (Å²) in [4.78, 5) is 0. The van der Waals surface area contributed by atoms with Crippen molar-refractivity contribution >= 4 is 16.6 Å². The number of alkyl halides is 3. The molecule has 3 aromatic carbocycles. The fraction of sp³-hybridized carbons (Fsp3) is 0.259. The Morgan fingerprint density at radius 3 is 2.42 bits per heavy atom. The van der Waals surface area contributed by atoms with E-state index in [9.17, 15) is 32.2 Å². The van der Waals surface area contributed by atoms with Gasteiger partial charge in [-0.25, -0.2) is 8.78 Å². The first-order valence-electron chi connectivity index (χ1n) is 11.5. The molecule has 0 saturated carbocycles. The van der Waals surface area contributed by atoms with E-state index in [1.165, 1.54) is 18.2 Å². The lowest BCUT2D eigenvalue weighted by Gasteiger charge is -2.45. The van der Waals surface area contributed by atoms with E-state index in [4.69, 9.17) is 0 Å². The molecular formula is C27H23F5N2O2. The van der Waals surface area contributed by atoms with Gasteiger partial charge in [0.15, 0.2) is 17.2 Å². The smallest absolute Gasteiger partial charge is 0.419 e. The maximum Gasteiger partial charge on any atom is 0.419 e. The van der Waals surface area contributed by atoms with Crippen molar-refractivity contribution in [3.05, 3.63) is 89.6 Å². The Hall–Kier alpha value is -3.59. The molecule has 3 atom stereocenters. The highest BCUT2D eigenvalue weighted by Crippen LogP contribution is 2.55. The predicted octanol–water partition coefficient (Wildman–Crippen LogP) is 6.96. The van der Waals surface area contributed by atoms with Crippen molar-refractivity contribution in [2.75, 3.05) is 5.32 Å². The average molecular weight is 502 g/mol. The van der Waals surface area contributed by atoms with Crippen molar-refractivity contribution in [1.82, 2.24) is 4.57 Å². The van der Waals surface area contributed by atoms with Crippen LogP contribution in [0.2, 0.25) is 0 Å². The second-order valence-corrected chi connectivity index (χ2v) is 9.11. The van der Waals surface area contributed by atoms with Gasteiger partial charge in [-0.2, -0.15) is 13.2 Å². The Morgan fingerprint density at radius 2 is 1.75 bits per heavy atom. The van der Waals surface area contributed by atoms with Crippen LogP contribution in [-0.4, -0.2) is 26.6 Å². The second kappa shape index (κ2) is 8.51. The van der Waals surface area contributed by atoms with Crippen LogP contribution in [-0.2, 0) is 0 Å². The zero-order chi connectivity index (χ0) is 25.8. The monoisotopic (exact) mass is 502 g/mol. The number of hydrogen-bond acceptors (Lipinski definition) is 3. The molecule has 0 aliphatic heterocycles. The van der Waals surface area contributed by atoms with Crippen LogP contribution >= 0.6 is 0 Å². The van der Waals surface area contributed by atoms with Gasteiger partial charge in [0.1, 0.15) is 5.82 Å². The summed E-state index contributed by atoms with van der Waals surface area (Å²) in [7, 11) is 0. The Balaban J connectivity index is 1.66. The summed E-state index contributed by atoms with van der Waals surface area (Å²) in [6.45, 7) is 1.63. The fourth-order valence-corrected chi connectivity index (χ4v) is 5.23. The SMILES string of the molecule is CCC1CC(O)(C(F)(F)F)C(Nc2cccc3c2ccn3-c2ccc(F)cc2)c2ccc(F)c(O)c21. The number of nitrogens with zero attached hydrogens (tertiary/aromatic N) is 1. The lowest BCUT2D eigenvalue weighted by Crippen LogP contribution is -2.55. The number of phenols is 1. The van der Waals surface area contributed by atoms with Gasteiger partial charge in [0, 0.05) is 28.5 Å². The minimum Gasteiger partial charge on any atom is -0.505 e. The van der Waals surface area contributed by atoms with Crippen LogP contribution in [0.15, 0.2) is 66.9 Å². The van der Waals surface area contributed by atoms with Crippen LogP contribution in [0.4, 0.5) is 27.6 Å². The zero-order valence-corrected chi connectivity index (χ0v) is 19.2. The summed E-state index contributed by atoms with van der Waals surface area (Å²) in [6.07, 6.45) is -3.86. The highest BCUT2D eigenvalue weighted by molar-refractivity contribution is 5.93. The van der Waals surface area contributed by atoms with E-state index < -0.39 is 47.5 Å². The summed E-state index contributed by atoms with van der Waals surface area (Å²) < 4.78 is 72.5. The van der Waals surface area contributed by atoms with Gasteiger partial charge in [-0.05, 0) is 72.9 Å². The minimum atomic E-state index is -5.01. The number of benzene rings is 3. The summed E-state index contributed by atoms with van der Waals surface area (Å²) in [5, 5.41) is 25.0. The van der Waals surface area contributed by atoms with E-state index in [-0.39, 0.29) is 17.5 Å². The molecule has 3 N–H and O–H groups in total. The molecule has 1 aromatic heterocycles. The van der Waals surface area contributed by atoms with Gasteiger partial charge < -0.3 is 20.1 Å². The largest absolute Gasteiger partial charge is 0.505 e. The quantitative estimate of drug-likeness (QED) is 0.265. The van der Waals surface area contributed by atoms with Crippen LogP contribution in [0, 0.1) is 11.6 Å². The van der Waals surface area contributed by atoms with Crippen molar-refractivity contribution in [3.63, 3.8) is 0 Å². The molecule has 4 aromatic rings. The third-order valence-electron chi connectivity index (χ3n) is 7.08. The molecule has 4 nitrogen and oxygen atoms in total. The van der Waals surface area contributed by atoms with E-state index in [1.807, 2.05) is 0 Å². The number of phenolic OH excluding ortho intramolecular Hbond substituents is 1. The molecule has 1 aliphatic carbocycles. The van der Waals surface area contributed by atoms with Gasteiger partial charge in [-0.15, -0.1) is 0 Å². The summed E-state index contributed by atoms with van der Waals surface area (Å²) in [5.41, 5.74) is -1.50. The van der Waals surface area contributed by atoms with Gasteiger partial charge in [0.05, 0.1) is 11.6 Å². The van der Waals surface area contributed by atoms with Crippen LogP contribution in [0.1, 0.15) is 42.9 Å². The molecule has 5 rings (SSSR count). The molecule has 0 radical (unpaired) electrons. The Labute approximate surface area is 203 Å². The van der Waals surface area contributed by atoms with E-state index in [0.29, 0.717) is 22.3 Å². The summed E-state index contributed by atoms with van der Waals surface area (Å²) in [5.74, 6) is -2.92. The minimum absolute atomic E-state index is 0.0122. The standard InChI is InChI=1S/C27H23F5N2O2/c1-2-15-14-26(36,27(30,31)32)25(19-10-11-20(29)24(35)23(15)19)33-21-4-3-5-22-18(21)12-13-34(22)17-8-6-16(28)7-9-17/h3-13,15,25,33,35-36H,2,14H2,1H3. The first kappa shape index (κ1) is 24.1. The second-order valence-electron chi connectivity index (χ2n) is 9.11. The number of fused-ring (bicyclic) bond motifs is 2. The van der Waals surface area contributed by atoms with Crippen molar-refractivity contribution in [1.29, 1.82) is 0 Å². The van der Waals surface area contributed by atoms with Crippen molar-refractivity contribution < 1.29 is 32.2 Å². The van der Waals surface area contributed by atoms with Crippen molar-refractivity contribution in [2.45, 2.75) is 43.5 Å². The molecule has 1 aliphatic rings. The third kappa shape index (κ3) is 3.69. The van der Waals surface area contributed by atoms with Crippen LogP contribution in [0.5, 0.6) is 5.75 Å². The van der Waals surface area contributed by atoms with Gasteiger partial charge >= 0.3 is 6.18 Å². The van der Waals surface area contributed by atoms with E-state index >= 15 is 0 Å². The molecular weight excluding hydrogens is 479 g/mol. The van der Waals surface area contributed by atoms with Gasteiger partial charge in [0.25, 0.3) is 0 Å². The molecule has 188 valence electrons. The molecule has 0 spiro atoms. The number of hydrogen-bond donors (Lipinski definition) is 3. The van der Waals surface area contributed by atoms with E-state index in [0.717, 1.165) is 6.07 Å². The van der Waals surface area contributed by atoms with Crippen LogP contribution in [0.25, 0.3) is 16.6 Å². The number of aromatic nitrogens is 1. The van der Waals surface area contributed by atoms with Crippen molar-refractivity contribution in [2.24, 2.45) is 0 Å². The molecule has 0 saturated heterocycles. The number of aromatic hydroxyl groups is 1. The third-order valence-corrected chi connectivity index (χ3v) is 7.08. The summed E-state index contributed by atoms with van der Waals surface area (Å²) in [6, 6.07) is 12.9. The lowest BCUT2D eigenvalue weighted by atomic mass is 9.69. The van der Waals surface area contributed by atoms with Gasteiger partial charge in [-0.1, -0.05) is 19.1 Å². The summed E-state index contributed by atoms with van der Waals surface area (Å²) >= 11 is 0. The normalized spacial score (nSPS) is 22.0. The maximum atomic E-state index is 14.4. The lowest BCUT2D eigenvalue weighted by molar-refractivity contribution is -0.272. The first-order valence-corrected chi connectivity index (χ1v) is 11.5. The van der Waals surface area contributed by atoms with Crippen molar-refractivity contribution in [3.8, 4) is 11.4 Å². The number of aliphatic hydroxyl groups is 1. The fourth-order valence-electron chi connectivity index (χ4n) is 5.23. The first-order chi connectivity index (χ1) is 17.0. The zero-order valence-electron chi connectivity index (χ0n) is 19.2. The molecule has 1 heterocycles. The molecule has 0 amide bonds. The van der Waals surface area contributed by atoms with E-state index in [2.05, 4.69) is 5.32 Å². The predicted molar refractivity (Wildman–Crippen MR) is 126 cm³/mol. The van der Waals surface area contributed by atoms with Gasteiger partial charge in [0.2, 0.25) is 0 Å². The molecule has 0 bridgehead atoms. The topological polar surface area (TPSA) is 57.4 Å². The molecule has 3 unspecified atom stereocenters. The maximum absolute atomic E-state index is 14.4. The Bertz CT molecular complexity index is 1430. The van der Waals surface area contributed by atoms with Crippen LogP contribution in [0.3, 0.4) is 0 Å². The highest BCUT2D eigenvalue weighted by atomic mass is 19.4. The van der Waals surface area contributed by atoms with Gasteiger partial charge in [-0.3, -0.25) is 0 Å². The highest BCUT2D eigenvalue weighted by Gasteiger charge is 2.62. The Morgan fingerprint density at radius 1 is 1.03 bits per heavy atom. The Kier molecular flexibility index (Phi) is 5.70. The van der Waals surface area contributed by atoms with E-state index in [1.54, 1.807) is 54.1 Å². The molecule has 9 heteroatoms. The molecule has 0 fully saturated rings.